The zero-order valence-corrected chi connectivity index (χ0v) is 11.5. The molecule has 0 bridgehead atoms. The predicted molar refractivity (Wildman–Crippen MR) is 77.3 cm³/mol. The number of nitrogen functional groups attached to an aromatic ring is 1. The van der Waals surface area contributed by atoms with Crippen molar-refractivity contribution in [1.82, 2.24) is 0 Å². The third kappa shape index (κ3) is 2.80. The average molecular weight is 263 g/mol. The maximum Gasteiger partial charge on any atom is 0.315 e. The highest BCUT2D eigenvalue weighted by Crippen LogP contribution is 2.37. The Balaban J connectivity index is 2.30. The molecule has 1 fully saturated rings. The number of nitro benzene ring substituents is 1. The van der Waals surface area contributed by atoms with Crippen LogP contribution in [0.3, 0.4) is 0 Å². The van der Waals surface area contributed by atoms with E-state index in [0.717, 1.165) is 12.8 Å². The van der Waals surface area contributed by atoms with E-state index in [2.05, 4.69) is 6.92 Å². The molecule has 1 aromatic carbocycles. The Hall–Kier alpha value is -1.78. The highest BCUT2D eigenvalue weighted by molar-refractivity contribution is 5.75. The standard InChI is InChI=1S/C14H21N3O2/c1-10-5-3-6-11(9-10)16(2)13-8-4-7-12(15)14(13)17(18)19/h4,7-8,10-11H,3,5-6,9,15H2,1-2H3. The predicted octanol–water partition coefficient (Wildman–Crippen LogP) is 3.19. The lowest BCUT2D eigenvalue weighted by atomic mass is 9.86. The summed E-state index contributed by atoms with van der Waals surface area (Å²) in [5, 5.41) is 11.2. The molecule has 19 heavy (non-hydrogen) atoms. The van der Waals surface area contributed by atoms with Gasteiger partial charge in [0.15, 0.2) is 0 Å². The van der Waals surface area contributed by atoms with Crippen LogP contribution in [0.25, 0.3) is 0 Å². The number of hydrogen-bond acceptors (Lipinski definition) is 4. The number of benzene rings is 1. The molecule has 1 aliphatic carbocycles. The van der Waals surface area contributed by atoms with Gasteiger partial charge in [0, 0.05) is 13.1 Å². The molecule has 1 aromatic rings. The van der Waals surface area contributed by atoms with E-state index in [-0.39, 0.29) is 16.3 Å². The van der Waals surface area contributed by atoms with E-state index in [1.807, 2.05) is 11.9 Å². The molecule has 0 saturated heterocycles. The Morgan fingerprint density at radius 3 is 2.79 bits per heavy atom. The minimum absolute atomic E-state index is 0.0308. The van der Waals surface area contributed by atoms with E-state index in [4.69, 9.17) is 5.73 Å². The van der Waals surface area contributed by atoms with Crippen molar-refractivity contribution in [2.24, 2.45) is 5.92 Å². The topological polar surface area (TPSA) is 72.4 Å². The molecule has 0 spiro atoms. The molecule has 1 aliphatic rings. The molecule has 0 radical (unpaired) electrons. The minimum Gasteiger partial charge on any atom is -0.393 e. The molecule has 2 N–H and O–H groups in total. The first-order valence-electron chi connectivity index (χ1n) is 6.76. The summed E-state index contributed by atoms with van der Waals surface area (Å²) < 4.78 is 0. The van der Waals surface area contributed by atoms with Crippen LogP contribution in [0.1, 0.15) is 32.6 Å². The van der Waals surface area contributed by atoms with Gasteiger partial charge in [0.05, 0.1) is 4.92 Å². The highest BCUT2D eigenvalue weighted by atomic mass is 16.6. The van der Waals surface area contributed by atoms with Crippen molar-refractivity contribution < 1.29 is 4.92 Å². The maximum absolute atomic E-state index is 11.2. The van der Waals surface area contributed by atoms with Crippen molar-refractivity contribution in [3.63, 3.8) is 0 Å². The van der Waals surface area contributed by atoms with E-state index < -0.39 is 0 Å². The normalized spacial score (nSPS) is 23.1. The molecule has 2 atom stereocenters. The fourth-order valence-corrected chi connectivity index (χ4v) is 2.98. The van der Waals surface area contributed by atoms with Crippen LogP contribution in [-0.4, -0.2) is 18.0 Å². The van der Waals surface area contributed by atoms with E-state index in [1.165, 1.54) is 12.8 Å². The van der Waals surface area contributed by atoms with Crippen LogP contribution in [0.15, 0.2) is 18.2 Å². The zero-order chi connectivity index (χ0) is 14.0. The lowest BCUT2D eigenvalue weighted by Gasteiger charge is -2.35. The molecule has 0 aromatic heterocycles. The van der Waals surface area contributed by atoms with Crippen molar-refractivity contribution in [1.29, 1.82) is 0 Å². The van der Waals surface area contributed by atoms with Gasteiger partial charge < -0.3 is 10.6 Å². The van der Waals surface area contributed by atoms with Crippen LogP contribution >= 0.6 is 0 Å². The molecule has 5 nitrogen and oxygen atoms in total. The summed E-state index contributed by atoms with van der Waals surface area (Å²) in [4.78, 5) is 12.8. The van der Waals surface area contributed by atoms with Crippen molar-refractivity contribution >= 4 is 17.1 Å². The summed E-state index contributed by atoms with van der Waals surface area (Å²) in [6.07, 6.45) is 4.62. The van der Waals surface area contributed by atoms with Gasteiger partial charge >= 0.3 is 5.69 Å². The second kappa shape index (κ2) is 5.47. The Morgan fingerprint density at radius 2 is 2.16 bits per heavy atom. The third-order valence-corrected chi connectivity index (χ3v) is 4.06. The SMILES string of the molecule is CC1CCCC(N(C)c2cccc(N)c2[N+](=O)[O-])C1. The monoisotopic (exact) mass is 263 g/mol. The first-order chi connectivity index (χ1) is 9.00. The van der Waals surface area contributed by atoms with Gasteiger partial charge in [-0.05, 0) is 30.9 Å². The molecule has 104 valence electrons. The molecule has 2 unspecified atom stereocenters. The largest absolute Gasteiger partial charge is 0.393 e. The van der Waals surface area contributed by atoms with Crippen LogP contribution in [0, 0.1) is 16.0 Å². The van der Waals surface area contributed by atoms with E-state index in [9.17, 15) is 10.1 Å². The minimum atomic E-state index is -0.382. The second-order valence-electron chi connectivity index (χ2n) is 5.51. The van der Waals surface area contributed by atoms with E-state index >= 15 is 0 Å². The molecule has 0 amide bonds. The molecule has 5 heteroatoms. The quantitative estimate of drug-likeness (QED) is 0.516. The number of para-hydroxylation sites is 1. The van der Waals surface area contributed by atoms with Gasteiger partial charge in [-0.3, -0.25) is 10.1 Å². The smallest absolute Gasteiger partial charge is 0.315 e. The first kappa shape index (κ1) is 13.6. The van der Waals surface area contributed by atoms with Gasteiger partial charge in [0.1, 0.15) is 11.4 Å². The lowest BCUT2D eigenvalue weighted by Crippen LogP contribution is -2.36. The number of anilines is 2. The molecule has 1 saturated carbocycles. The fraction of sp³-hybridized carbons (Fsp3) is 0.571. The number of rotatable bonds is 3. The fourth-order valence-electron chi connectivity index (χ4n) is 2.98. The van der Waals surface area contributed by atoms with Gasteiger partial charge in [0.2, 0.25) is 0 Å². The van der Waals surface area contributed by atoms with E-state index in [0.29, 0.717) is 17.6 Å². The van der Waals surface area contributed by atoms with Crippen LogP contribution in [0.2, 0.25) is 0 Å². The summed E-state index contributed by atoms with van der Waals surface area (Å²) in [6, 6.07) is 5.51. The van der Waals surface area contributed by atoms with Gasteiger partial charge in [-0.1, -0.05) is 25.8 Å². The van der Waals surface area contributed by atoms with Crippen LogP contribution in [0.5, 0.6) is 0 Å². The number of nitrogens with zero attached hydrogens (tertiary/aromatic N) is 2. The van der Waals surface area contributed by atoms with Crippen molar-refractivity contribution in [3.05, 3.63) is 28.3 Å². The molecule has 0 heterocycles. The maximum atomic E-state index is 11.2. The molecular weight excluding hydrogens is 242 g/mol. The Labute approximate surface area is 113 Å². The lowest BCUT2D eigenvalue weighted by molar-refractivity contribution is -0.383. The third-order valence-electron chi connectivity index (χ3n) is 4.06. The number of nitro groups is 1. The molecule has 2 rings (SSSR count). The van der Waals surface area contributed by atoms with Crippen LogP contribution < -0.4 is 10.6 Å². The first-order valence-corrected chi connectivity index (χ1v) is 6.76. The van der Waals surface area contributed by atoms with E-state index in [1.54, 1.807) is 18.2 Å². The van der Waals surface area contributed by atoms with Gasteiger partial charge in [0.25, 0.3) is 0 Å². The summed E-state index contributed by atoms with van der Waals surface area (Å²) in [6.45, 7) is 2.24. The Kier molecular flexibility index (Phi) is 3.93. The van der Waals surface area contributed by atoms with Gasteiger partial charge in [-0.2, -0.15) is 0 Å². The highest BCUT2D eigenvalue weighted by Gasteiger charge is 2.27. The van der Waals surface area contributed by atoms with Crippen molar-refractivity contribution in [3.8, 4) is 0 Å². The molecule has 0 aliphatic heterocycles. The van der Waals surface area contributed by atoms with Gasteiger partial charge in [-0.15, -0.1) is 0 Å². The summed E-state index contributed by atoms with van der Waals surface area (Å²) >= 11 is 0. The number of nitrogens with two attached hydrogens (primary N) is 1. The van der Waals surface area contributed by atoms with Gasteiger partial charge in [-0.25, -0.2) is 0 Å². The Morgan fingerprint density at radius 1 is 1.42 bits per heavy atom. The van der Waals surface area contributed by atoms with Crippen molar-refractivity contribution in [2.45, 2.75) is 38.6 Å². The Bertz CT molecular complexity index is 476. The second-order valence-corrected chi connectivity index (χ2v) is 5.51. The average Bonchev–Trinajstić information content (AvgIpc) is 2.37. The van der Waals surface area contributed by atoms with Crippen LogP contribution in [0.4, 0.5) is 17.1 Å². The summed E-state index contributed by atoms with van der Waals surface area (Å²) in [5.41, 5.74) is 6.64. The summed E-state index contributed by atoms with van der Waals surface area (Å²) in [5.74, 6) is 0.682. The zero-order valence-electron chi connectivity index (χ0n) is 11.5. The van der Waals surface area contributed by atoms with Crippen molar-refractivity contribution in [2.75, 3.05) is 17.7 Å². The molecular formula is C14H21N3O2. The number of hydrogen-bond donors (Lipinski definition) is 1. The summed E-state index contributed by atoms with van der Waals surface area (Å²) in [7, 11) is 1.94. The van der Waals surface area contributed by atoms with Crippen LogP contribution in [-0.2, 0) is 0 Å².